The molecule has 2 unspecified atom stereocenters. The summed E-state index contributed by atoms with van der Waals surface area (Å²) < 4.78 is 44.8. The Morgan fingerprint density at radius 3 is 2.44 bits per heavy atom. The maximum Gasteiger partial charge on any atom is 0.416 e. The molecule has 2 atom stereocenters. The molecule has 2 bridgehead atoms. The molecule has 1 amide bonds. The highest BCUT2D eigenvalue weighted by molar-refractivity contribution is 5.95. The minimum absolute atomic E-state index is 0.0143. The van der Waals surface area contributed by atoms with Crippen LogP contribution in [0.25, 0.3) is 0 Å². The van der Waals surface area contributed by atoms with Crippen LogP contribution in [0.2, 0.25) is 0 Å². The Labute approximate surface area is 155 Å². The number of rotatable bonds is 3. The second kappa shape index (κ2) is 6.87. The van der Waals surface area contributed by atoms with E-state index in [2.05, 4.69) is 4.98 Å². The number of amides is 1. The van der Waals surface area contributed by atoms with E-state index in [-0.39, 0.29) is 29.7 Å². The molecule has 2 aromatic rings. The minimum atomic E-state index is -4.46. The van der Waals surface area contributed by atoms with Crippen LogP contribution in [-0.4, -0.2) is 34.0 Å². The van der Waals surface area contributed by atoms with Gasteiger partial charge in [0, 0.05) is 42.8 Å². The quantitative estimate of drug-likeness (QED) is 0.802. The van der Waals surface area contributed by atoms with Crippen molar-refractivity contribution in [1.29, 1.82) is 0 Å². The lowest BCUT2D eigenvalue weighted by molar-refractivity contribution is -0.137. The van der Waals surface area contributed by atoms with Crippen molar-refractivity contribution in [2.45, 2.75) is 50.0 Å². The van der Waals surface area contributed by atoms with Gasteiger partial charge >= 0.3 is 6.18 Å². The molecule has 0 N–H and O–H groups in total. The maximum absolute atomic E-state index is 13.0. The fourth-order valence-corrected chi connectivity index (χ4v) is 4.12. The zero-order valence-electron chi connectivity index (χ0n) is 14.5. The van der Waals surface area contributed by atoms with Crippen LogP contribution in [0.3, 0.4) is 0 Å². The molecule has 4 rings (SSSR count). The van der Waals surface area contributed by atoms with Crippen molar-refractivity contribution in [3.63, 3.8) is 0 Å². The zero-order chi connectivity index (χ0) is 19.0. The molecule has 27 heavy (non-hydrogen) atoms. The molecule has 1 aromatic heterocycles. The van der Waals surface area contributed by atoms with Gasteiger partial charge in [0.2, 0.25) is 5.88 Å². The lowest BCUT2D eigenvalue weighted by atomic mass is 9.98. The third kappa shape index (κ3) is 3.63. The number of aromatic nitrogens is 1. The van der Waals surface area contributed by atoms with Gasteiger partial charge in [0.15, 0.2) is 0 Å². The summed E-state index contributed by atoms with van der Waals surface area (Å²) in [4.78, 5) is 18.8. The van der Waals surface area contributed by atoms with E-state index in [9.17, 15) is 18.0 Å². The molecule has 0 radical (unpaired) electrons. The number of pyridine rings is 1. The molecule has 2 fully saturated rings. The Balaban J connectivity index is 1.49. The van der Waals surface area contributed by atoms with Crippen LogP contribution in [0.15, 0.2) is 48.7 Å². The third-order valence-corrected chi connectivity index (χ3v) is 5.29. The minimum Gasteiger partial charge on any atom is -0.474 e. The highest BCUT2D eigenvalue weighted by Gasteiger charge is 2.44. The fourth-order valence-electron chi connectivity index (χ4n) is 4.12. The fraction of sp³-hybridized carbons (Fsp3) is 0.400. The first-order chi connectivity index (χ1) is 12.9. The second-order valence-corrected chi connectivity index (χ2v) is 7.06. The largest absolute Gasteiger partial charge is 0.474 e. The van der Waals surface area contributed by atoms with Gasteiger partial charge in [-0.2, -0.15) is 13.2 Å². The zero-order valence-corrected chi connectivity index (χ0v) is 14.5. The summed E-state index contributed by atoms with van der Waals surface area (Å²) in [5.41, 5.74) is -0.708. The highest BCUT2D eigenvalue weighted by atomic mass is 19.4. The van der Waals surface area contributed by atoms with Crippen molar-refractivity contribution >= 4 is 5.91 Å². The van der Waals surface area contributed by atoms with Crippen LogP contribution < -0.4 is 4.74 Å². The Bertz CT molecular complexity index is 811. The molecule has 2 aliphatic heterocycles. The number of alkyl halides is 3. The van der Waals surface area contributed by atoms with Crippen LogP contribution in [0.1, 0.15) is 41.6 Å². The van der Waals surface area contributed by atoms with Gasteiger partial charge in [0.25, 0.3) is 5.91 Å². The van der Waals surface area contributed by atoms with Crippen molar-refractivity contribution in [1.82, 2.24) is 9.88 Å². The summed E-state index contributed by atoms with van der Waals surface area (Å²) in [6.45, 7) is 0. The highest BCUT2D eigenvalue weighted by Crippen LogP contribution is 2.38. The number of nitrogens with zero attached hydrogens (tertiary/aromatic N) is 2. The van der Waals surface area contributed by atoms with Gasteiger partial charge in [-0.15, -0.1) is 0 Å². The first-order valence-corrected chi connectivity index (χ1v) is 8.99. The van der Waals surface area contributed by atoms with Crippen molar-refractivity contribution in [3.8, 4) is 5.88 Å². The average molecular weight is 376 g/mol. The average Bonchev–Trinajstić information content (AvgIpc) is 2.92. The van der Waals surface area contributed by atoms with Crippen LogP contribution in [0, 0.1) is 0 Å². The van der Waals surface area contributed by atoms with Gasteiger partial charge in [0.1, 0.15) is 6.10 Å². The molecule has 3 heterocycles. The number of carbonyl (C=O) groups is 1. The first kappa shape index (κ1) is 17.8. The van der Waals surface area contributed by atoms with E-state index in [0.29, 0.717) is 18.7 Å². The SMILES string of the molecule is O=C(c1cccc(C(F)(F)F)c1)N1C2CCC1CC(Oc1ccccn1)C2. The van der Waals surface area contributed by atoms with Crippen molar-refractivity contribution in [2.75, 3.05) is 0 Å². The van der Waals surface area contributed by atoms with Crippen LogP contribution in [0.4, 0.5) is 13.2 Å². The van der Waals surface area contributed by atoms with E-state index in [0.717, 1.165) is 25.0 Å². The third-order valence-electron chi connectivity index (χ3n) is 5.29. The van der Waals surface area contributed by atoms with Crippen LogP contribution in [0.5, 0.6) is 5.88 Å². The van der Waals surface area contributed by atoms with E-state index >= 15 is 0 Å². The molecular weight excluding hydrogens is 357 g/mol. The van der Waals surface area contributed by atoms with Gasteiger partial charge in [-0.1, -0.05) is 12.1 Å². The monoisotopic (exact) mass is 376 g/mol. The molecule has 0 aliphatic carbocycles. The molecule has 4 nitrogen and oxygen atoms in total. The summed E-state index contributed by atoms with van der Waals surface area (Å²) in [5.74, 6) is 0.226. The summed E-state index contributed by atoms with van der Waals surface area (Å²) in [6.07, 6.45) is 0.183. The molecular formula is C20H19F3N2O2. The summed E-state index contributed by atoms with van der Waals surface area (Å²) in [5, 5.41) is 0. The smallest absolute Gasteiger partial charge is 0.416 e. The topological polar surface area (TPSA) is 42.4 Å². The predicted octanol–water partition coefficient (Wildman–Crippen LogP) is 4.32. The number of halogens is 3. The van der Waals surface area contributed by atoms with Gasteiger partial charge in [-0.05, 0) is 37.1 Å². The summed E-state index contributed by atoms with van der Waals surface area (Å²) in [6, 6.07) is 10.1. The Hall–Kier alpha value is -2.57. The second-order valence-electron chi connectivity index (χ2n) is 7.06. The first-order valence-electron chi connectivity index (χ1n) is 8.99. The number of piperidine rings is 1. The predicted molar refractivity (Wildman–Crippen MR) is 92.3 cm³/mol. The molecule has 7 heteroatoms. The van der Waals surface area contributed by atoms with E-state index in [1.807, 2.05) is 12.1 Å². The Morgan fingerprint density at radius 1 is 1.07 bits per heavy atom. The molecule has 142 valence electrons. The lowest BCUT2D eigenvalue weighted by Crippen LogP contribution is -2.49. The Kier molecular flexibility index (Phi) is 4.53. The molecule has 0 saturated carbocycles. The normalized spacial score (nSPS) is 24.7. The number of carbonyl (C=O) groups excluding carboxylic acids is 1. The van der Waals surface area contributed by atoms with Gasteiger partial charge in [0.05, 0.1) is 5.56 Å². The van der Waals surface area contributed by atoms with E-state index in [1.165, 1.54) is 12.1 Å². The number of ether oxygens (including phenoxy) is 1. The van der Waals surface area contributed by atoms with E-state index < -0.39 is 11.7 Å². The van der Waals surface area contributed by atoms with Gasteiger partial charge in [-0.3, -0.25) is 4.79 Å². The van der Waals surface area contributed by atoms with Crippen LogP contribution >= 0.6 is 0 Å². The van der Waals surface area contributed by atoms with Crippen LogP contribution in [-0.2, 0) is 6.18 Å². The molecule has 1 aromatic carbocycles. The van der Waals surface area contributed by atoms with E-state index in [4.69, 9.17) is 4.74 Å². The number of benzene rings is 1. The van der Waals surface area contributed by atoms with Crippen molar-refractivity contribution in [3.05, 3.63) is 59.8 Å². The number of fused-ring (bicyclic) bond motifs is 2. The summed E-state index contributed by atoms with van der Waals surface area (Å²) in [7, 11) is 0. The molecule has 2 aliphatic rings. The van der Waals surface area contributed by atoms with Crippen molar-refractivity contribution in [2.24, 2.45) is 0 Å². The van der Waals surface area contributed by atoms with E-state index in [1.54, 1.807) is 17.2 Å². The molecule has 2 saturated heterocycles. The lowest BCUT2D eigenvalue weighted by Gasteiger charge is -2.38. The van der Waals surface area contributed by atoms with Gasteiger partial charge < -0.3 is 9.64 Å². The number of hydrogen-bond acceptors (Lipinski definition) is 3. The van der Waals surface area contributed by atoms with Crippen molar-refractivity contribution < 1.29 is 22.7 Å². The van der Waals surface area contributed by atoms with Gasteiger partial charge in [-0.25, -0.2) is 4.98 Å². The Morgan fingerprint density at radius 2 is 1.81 bits per heavy atom. The maximum atomic E-state index is 13.0. The standard InChI is InChI=1S/C20H19F3N2O2/c21-20(22,23)14-5-3-4-13(10-14)19(26)25-15-7-8-16(25)12-17(11-15)27-18-6-1-2-9-24-18/h1-6,9-10,15-17H,7-8,11-12H2. The summed E-state index contributed by atoms with van der Waals surface area (Å²) >= 11 is 0. The molecule has 0 spiro atoms. The number of hydrogen-bond donors (Lipinski definition) is 0.